The summed E-state index contributed by atoms with van der Waals surface area (Å²) in [5.41, 5.74) is 7.39. The monoisotopic (exact) mass is 527 g/mol. The van der Waals surface area contributed by atoms with Gasteiger partial charge in [-0.05, 0) is 48.1 Å². The van der Waals surface area contributed by atoms with Gasteiger partial charge in [0.15, 0.2) is 0 Å². The fourth-order valence-corrected chi connectivity index (χ4v) is 4.97. The molecule has 1 saturated heterocycles. The Bertz CT molecular complexity index is 1250. The minimum Gasteiger partial charge on any atom is -0.405 e. The van der Waals surface area contributed by atoms with E-state index in [2.05, 4.69) is 4.74 Å². The third-order valence-corrected chi connectivity index (χ3v) is 6.75. The van der Waals surface area contributed by atoms with Crippen molar-refractivity contribution in [3.8, 4) is 5.75 Å². The van der Waals surface area contributed by atoms with Crippen LogP contribution in [0.15, 0.2) is 36.5 Å². The van der Waals surface area contributed by atoms with E-state index in [9.17, 15) is 22.4 Å². The van der Waals surface area contributed by atoms with Crippen molar-refractivity contribution in [2.45, 2.75) is 38.2 Å². The first-order chi connectivity index (χ1) is 17.1. The van der Waals surface area contributed by atoms with Crippen LogP contribution in [0.4, 0.5) is 17.6 Å². The molecule has 2 heterocycles. The lowest BCUT2D eigenvalue weighted by Gasteiger charge is -2.32. The zero-order valence-corrected chi connectivity index (χ0v) is 20.3. The number of nitrogens with zero attached hydrogens (tertiary/aromatic N) is 2. The van der Waals surface area contributed by atoms with Gasteiger partial charge in [0.05, 0.1) is 28.1 Å². The Morgan fingerprint density at radius 2 is 1.92 bits per heavy atom. The summed E-state index contributed by atoms with van der Waals surface area (Å²) in [4.78, 5) is 15.1. The molecule has 1 aliphatic heterocycles. The molecule has 0 atom stereocenters. The van der Waals surface area contributed by atoms with Gasteiger partial charge in [-0.3, -0.25) is 4.79 Å². The van der Waals surface area contributed by atoms with Gasteiger partial charge in [0.1, 0.15) is 11.6 Å². The molecule has 1 aromatic heterocycles. The van der Waals surface area contributed by atoms with Gasteiger partial charge in [0.25, 0.3) is 5.91 Å². The lowest BCUT2D eigenvalue weighted by molar-refractivity contribution is -0.274. The maximum absolute atomic E-state index is 14.5. The molecule has 194 valence electrons. The highest BCUT2D eigenvalue weighted by atomic mass is 35.5. The van der Waals surface area contributed by atoms with Gasteiger partial charge in [0, 0.05) is 39.5 Å². The van der Waals surface area contributed by atoms with E-state index >= 15 is 0 Å². The second kappa shape index (κ2) is 10.7. The predicted molar refractivity (Wildman–Crippen MR) is 128 cm³/mol. The third-order valence-electron chi connectivity index (χ3n) is 6.44. The van der Waals surface area contributed by atoms with E-state index in [4.69, 9.17) is 22.1 Å². The van der Waals surface area contributed by atoms with Crippen LogP contribution in [-0.4, -0.2) is 48.5 Å². The van der Waals surface area contributed by atoms with Crippen molar-refractivity contribution in [1.82, 2.24) is 9.47 Å². The largest absolute Gasteiger partial charge is 0.573 e. The number of rotatable bonds is 7. The molecule has 36 heavy (non-hydrogen) atoms. The number of ether oxygens (including phenoxy) is 2. The molecule has 0 spiro atoms. The van der Waals surface area contributed by atoms with Gasteiger partial charge in [0.2, 0.25) is 0 Å². The summed E-state index contributed by atoms with van der Waals surface area (Å²) in [6, 6.07) is 7.20. The summed E-state index contributed by atoms with van der Waals surface area (Å²) in [7, 11) is 1.49. The Labute approximate surface area is 210 Å². The number of fused-ring (bicyclic) bond motifs is 1. The zero-order chi connectivity index (χ0) is 26.0. The number of aromatic nitrogens is 1. The zero-order valence-electron chi connectivity index (χ0n) is 19.6. The normalized spacial score (nSPS) is 15.0. The van der Waals surface area contributed by atoms with Crippen LogP contribution >= 0.6 is 11.6 Å². The Morgan fingerprint density at radius 1 is 1.19 bits per heavy atom. The molecule has 11 heteroatoms. The van der Waals surface area contributed by atoms with Crippen LogP contribution in [0.1, 0.15) is 40.2 Å². The van der Waals surface area contributed by atoms with Gasteiger partial charge >= 0.3 is 6.36 Å². The maximum atomic E-state index is 14.5. The van der Waals surface area contributed by atoms with Crippen molar-refractivity contribution in [1.29, 1.82) is 0 Å². The van der Waals surface area contributed by atoms with E-state index in [1.165, 1.54) is 25.4 Å². The number of hydrogen-bond acceptors (Lipinski definition) is 4. The highest BCUT2D eigenvalue weighted by molar-refractivity contribution is 6.36. The summed E-state index contributed by atoms with van der Waals surface area (Å²) < 4.78 is 64.8. The van der Waals surface area contributed by atoms with Gasteiger partial charge < -0.3 is 24.7 Å². The van der Waals surface area contributed by atoms with E-state index < -0.39 is 18.0 Å². The summed E-state index contributed by atoms with van der Waals surface area (Å²) >= 11 is 6.35. The van der Waals surface area contributed by atoms with Gasteiger partial charge in [-0.25, -0.2) is 4.39 Å². The minimum absolute atomic E-state index is 0.00950. The fourth-order valence-electron chi connectivity index (χ4n) is 4.71. The number of piperidine rings is 1. The molecule has 2 N–H and O–H groups in total. The van der Waals surface area contributed by atoms with Gasteiger partial charge in [-0.1, -0.05) is 23.7 Å². The van der Waals surface area contributed by atoms with Crippen molar-refractivity contribution >= 4 is 28.4 Å². The number of alkyl halides is 3. The second-order valence-electron chi connectivity index (χ2n) is 8.67. The van der Waals surface area contributed by atoms with E-state index in [0.717, 1.165) is 11.6 Å². The molecule has 0 aliphatic carbocycles. The number of carbonyl (C=O) groups is 1. The minimum atomic E-state index is -4.95. The molecule has 0 bridgehead atoms. The molecular weight excluding hydrogens is 502 g/mol. The van der Waals surface area contributed by atoms with Gasteiger partial charge in [-0.2, -0.15) is 0 Å². The number of likely N-dealkylation sites (tertiary alicyclic amines) is 1. The molecule has 1 aliphatic rings. The number of halogens is 5. The average Bonchev–Trinajstić information content (AvgIpc) is 3.24. The Balaban J connectivity index is 1.65. The smallest absolute Gasteiger partial charge is 0.405 e. The molecule has 6 nitrogen and oxygen atoms in total. The van der Waals surface area contributed by atoms with Crippen molar-refractivity contribution < 1.29 is 31.8 Å². The number of methoxy groups -OCH3 is 1. The molecule has 1 amide bonds. The molecule has 0 saturated carbocycles. The molecule has 0 unspecified atom stereocenters. The van der Waals surface area contributed by atoms with E-state index in [-0.39, 0.29) is 46.4 Å². The quantitative estimate of drug-likeness (QED) is 0.414. The standard InChI is InChI=1S/C25H26ClF4N3O3/c1-35-11-10-33-14-18(22-21(36-25(28,29)30)5-3-19(26)23(22)33)24(34)32-8-6-16(7-9-32)17-12-15(13-31)2-4-20(17)27/h2-5,12,14,16H,6-11,13,31H2,1H3. The van der Waals surface area contributed by atoms with E-state index in [1.54, 1.807) is 21.6 Å². The lowest BCUT2D eigenvalue weighted by Crippen LogP contribution is -2.38. The molecule has 1 fully saturated rings. The number of amides is 1. The molecule has 2 aromatic carbocycles. The van der Waals surface area contributed by atoms with Crippen LogP contribution in [-0.2, 0) is 17.8 Å². The van der Waals surface area contributed by atoms with Crippen LogP contribution in [0.2, 0.25) is 5.02 Å². The first-order valence-corrected chi connectivity index (χ1v) is 11.8. The number of benzene rings is 2. The summed E-state index contributed by atoms with van der Waals surface area (Å²) in [6.45, 7) is 1.46. The first-order valence-electron chi connectivity index (χ1n) is 11.5. The van der Waals surface area contributed by atoms with Crippen LogP contribution in [0.25, 0.3) is 10.9 Å². The summed E-state index contributed by atoms with van der Waals surface area (Å²) in [5, 5.41) is 0.174. The Kier molecular flexibility index (Phi) is 7.77. The molecular formula is C25H26ClF4N3O3. The lowest BCUT2D eigenvalue weighted by atomic mass is 9.88. The number of carbonyl (C=O) groups excluding carboxylic acids is 1. The summed E-state index contributed by atoms with van der Waals surface area (Å²) in [6.07, 6.45) is -2.45. The van der Waals surface area contributed by atoms with E-state index in [1.807, 2.05) is 0 Å². The van der Waals surface area contributed by atoms with Crippen LogP contribution in [0.3, 0.4) is 0 Å². The van der Waals surface area contributed by atoms with E-state index in [0.29, 0.717) is 38.0 Å². The van der Waals surface area contributed by atoms with Crippen molar-refractivity contribution in [3.63, 3.8) is 0 Å². The fraction of sp³-hybridized carbons (Fsp3) is 0.400. The topological polar surface area (TPSA) is 69.7 Å². The van der Waals surface area contributed by atoms with Gasteiger partial charge in [-0.15, -0.1) is 13.2 Å². The molecule has 3 aromatic rings. The number of nitrogens with two attached hydrogens (primary N) is 1. The van der Waals surface area contributed by atoms with Crippen molar-refractivity contribution in [2.75, 3.05) is 26.8 Å². The SMILES string of the molecule is COCCn1cc(C(=O)N2CCC(c3cc(CN)ccc3F)CC2)c2c(OC(F)(F)F)ccc(Cl)c21. The Hall–Kier alpha value is -2.82. The Morgan fingerprint density at radius 3 is 2.56 bits per heavy atom. The highest BCUT2D eigenvalue weighted by Gasteiger charge is 2.35. The maximum Gasteiger partial charge on any atom is 0.573 e. The number of hydrogen-bond donors (Lipinski definition) is 1. The van der Waals surface area contributed by atoms with Crippen LogP contribution in [0.5, 0.6) is 5.75 Å². The second-order valence-corrected chi connectivity index (χ2v) is 9.08. The van der Waals surface area contributed by atoms with Crippen molar-refractivity contribution in [3.05, 3.63) is 64.1 Å². The average molecular weight is 528 g/mol. The molecule has 4 rings (SSSR count). The summed E-state index contributed by atoms with van der Waals surface area (Å²) in [5.74, 6) is -1.36. The van der Waals surface area contributed by atoms with Crippen LogP contribution < -0.4 is 10.5 Å². The molecule has 0 radical (unpaired) electrons. The van der Waals surface area contributed by atoms with Crippen LogP contribution in [0, 0.1) is 5.82 Å². The third kappa shape index (κ3) is 5.45. The first kappa shape index (κ1) is 26.2. The highest BCUT2D eigenvalue weighted by Crippen LogP contribution is 2.39. The van der Waals surface area contributed by atoms with Crippen molar-refractivity contribution in [2.24, 2.45) is 5.73 Å². The predicted octanol–water partition coefficient (Wildman–Crippen LogP) is 5.46.